The van der Waals surface area contributed by atoms with Gasteiger partial charge in [0.05, 0.1) is 10.6 Å². The third kappa shape index (κ3) is 7.74. The van der Waals surface area contributed by atoms with E-state index in [0.29, 0.717) is 32.6 Å². The minimum atomic E-state index is -4.22. The van der Waals surface area contributed by atoms with Crippen molar-refractivity contribution in [2.45, 2.75) is 64.6 Å². The first kappa shape index (κ1) is 32.7. The van der Waals surface area contributed by atoms with Crippen molar-refractivity contribution in [2.24, 2.45) is 0 Å². The molecule has 220 valence electrons. The predicted octanol–water partition coefficient (Wildman–Crippen LogP) is 6.79. The fourth-order valence-electron chi connectivity index (χ4n) is 4.12. The fraction of sp³-hybridized carbons (Fsp3) is 0.333. The summed E-state index contributed by atoms with van der Waals surface area (Å²) in [6.07, 6.45) is 0.694. The maximum Gasteiger partial charge on any atom is 0.264 e. The van der Waals surface area contributed by atoms with Gasteiger partial charge in [-0.15, -0.1) is 0 Å². The Morgan fingerprint density at radius 1 is 0.878 bits per heavy atom. The van der Waals surface area contributed by atoms with Crippen LogP contribution in [0.4, 0.5) is 5.69 Å². The number of halogens is 3. The summed E-state index contributed by atoms with van der Waals surface area (Å²) >= 11 is 19.2. The number of carbonyl (C=O) groups is 2. The van der Waals surface area contributed by atoms with Gasteiger partial charge in [-0.25, -0.2) is 8.42 Å². The van der Waals surface area contributed by atoms with Crippen LogP contribution in [0, 0.1) is 13.8 Å². The van der Waals surface area contributed by atoms with E-state index < -0.39 is 28.5 Å². The van der Waals surface area contributed by atoms with E-state index >= 15 is 0 Å². The number of aryl methyl sites for hydroxylation is 1. The zero-order valence-electron chi connectivity index (χ0n) is 23.6. The molecule has 2 amide bonds. The average molecular weight is 639 g/mol. The topological polar surface area (TPSA) is 86.8 Å². The Bertz CT molecular complexity index is 1490. The molecule has 0 fully saturated rings. The van der Waals surface area contributed by atoms with Crippen molar-refractivity contribution in [3.05, 3.63) is 92.4 Å². The van der Waals surface area contributed by atoms with Crippen LogP contribution in [0.5, 0.6) is 0 Å². The molecule has 0 aliphatic carbocycles. The van der Waals surface area contributed by atoms with Gasteiger partial charge < -0.3 is 10.2 Å². The number of carbonyl (C=O) groups excluding carboxylic acids is 2. The summed E-state index contributed by atoms with van der Waals surface area (Å²) in [5, 5.41) is 3.88. The summed E-state index contributed by atoms with van der Waals surface area (Å²) < 4.78 is 29.1. The Kier molecular flexibility index (Phi) is 11.1. The summed E-state index contributed by atoms with van der Waals surface area (Å²) in [6, 6.07) is 15.1. The SMILES string of the molecule is CC[C@@H](C)NC(=O)[C@@H](C)N(Cc1c(Cl)cccc1Cl)C(=O)CN(c1cccc(Cl)c1C)S(=O)(=O)c1ccc(C)cc1. The van der Waals surface area contributed by atoms with Crippen molar-refractivity contribution < 1.29 is 18.0 Å². The summed E-state index contributed by atoms with van der Waals surface area (Å²) in [5.74, 6) is -1.01. The average Bonchev–Trinajstić information content (AvgIpc) is 2.93. The van der Waals surface area contributed by atoms with E-state index in [2.05, 4.69) is 5.32 Å². The molecule has 0 saturated heterocycles. The highest BCUT2D eigenvalue weighted by Gasteiger charge is 2.34. The third-order valence-corrected chi connectivity index (χ3v) is 9.85. The quantitative estimate of drug-likeness (QED) is 0.251. The van der Waals surface area contributed by atoms with Gasteiger partial charge in [-0.3, -0.25) is 13.9 Å². The van der Waals surface area contributed by atoms with Crippen molar-refractivity contribution in [3.63, 3.8) is 0 Å². The van der Waals surface area contributed by atoms with Crippen LogP contribution in [0.2, 0.25) is 15.1 Å². The van der Waals surface area contributed by atoms with Crippen LogP contribution in [-0.4, -0.2) is 43.8 Å². The van der Waals surface area contributed by atoms with E-state index in [1.54, 1.807) is 62.4 Å². The van der Waals surface area contributed by atoms with Crippen LogP contribution in [-0.2, 0) is 26.2 Å². The van der Waals surface area contributed by atoms with E-state index in [4.69, 9.17) is 34.8 Å². The number of benzene rings is 3. The molecule has 0 bridgehead atoms. The van der Waals surface area contributed by atoms with Crippen LogP contribution in [0.25, 0.3) is 0 Å². The molecule has 7 nitrogen and oxygen atoms in total. The highest BCUT2D eigenvalue weighted by molar-refractivity contribution is 7.92. The summed E-state index contributed by atoms with van der Waals surface area (Å²) in [7, 11) is -4.22. The Morgan fingerprint density at radius 2 is 1.44 bits per heavy atom. The van der Waals surface area contributed by atoms with Gasteiger partial charge in [0.1, 0.15) is 12.6 Å². The maximum atomic E-state index is 14.1. The monoisotopic (exact) mass is 637 g/mol. The molecule has 3 rings (SSSR count). The zero-order chi connectivity index (χ0) is 30.5. The maximum absolute atomic E-state index is 14.1. The Balaban J connectivity index is 2.11. The lowest BCUT2D eigenvalue weighted by molar-refractivity contribution is -0.139. The third-order valence-electron chi connectivity index (χ3n) is 6.95. The van der Waals surface area contributed by atoms with E-state index in [-0.39, 0.29) is 29.1 Å². The molecular formula is C30H34Cl3N3O4S. The van der Waals surface area contributed by atoms with E-state index in [9.17, 15) is 18.0 Å². The lowest BCUT2D eigenvalue weighted by Gasteiger charge is -2.33. The van der Waals surface area contributed by atoms with Gasteiger partial charge in [0.2, 0.25) is 11.8 Å². The van der Waals surface area contributed by atoms with Gasteiger partial charge >= 0.3 is 0 Å². The minimum absolute atomic E-state index is 0.0125. The summed E-state index contributed by atoms with van der Waals surface area (Å²) in [6.45, 7) is 8.21. The van der Waals surface area contributed by atoms with Crippen LogP contribution in [0.3, 0.4) is 0 Å². The Morgan fingerprint density at radius 3 is 2.02 bits per heavy atom. The van der Waals surface area contributed by atoms with Crippen molar-refractivity contribution >= 4 is 62.3 Å². The van der Waals surface area contributed by atoms with Gasteiger partial charge in [-0.1, -0.05) is 71.6 Å². The second-order valence-corrected chi connectivity index (χ2v) is 13.0. The molecule has 3 aromatic rings. The molecule has 0 radical (unpaired) electrons. The largest absolute Gasteiger partial charge is 0.352 e. The van der Waals surface area contributed by atoms with E-state index in [1.165, 1.54) is 17.0 Å². The predicted molar refractivity (Wildman–Crippen MR) is 166 cm³/mol. The van der Waals surface area contributed by atoms with Gasteiger partial charge in [0, 0.05) is 33.2 Å². The number of hydrogen-bond donors (Lipinski definition) is 1. The zero-order valence-corrected chi connectivity index (χ0v) is 26.7. The second-order valence-electron chi connectivity index (χ2n) is 9.92. The number of anilines is 1. The number of nitrogens with one attached hydrogen (secondary N) is 1. The van der Waals surface area contributed by atoms with Gasteiger partial charge in [0.15, 0.2) is 0 Å². The van der Waals surface area contributed by atoms with E-state index in [1.807, 2.05) is 20.8 Å². The van der Waals surface area contributed by atoms with Crippen molar-refractivity contribution in [1.82, 2.24) is 10.2 Å². The Labute approximate surface area is 257 Å². The molecule has 0 heterocycles. The number of sulfonamides is 1. The van der Waals surface area contributed by atoms with E-state index in [0.717, 1.165) is 9.87 Å². The fourth-order valence-corrected chi connectivity index (χ4v) is 6.28. The molecule has 0 aliphatic rings. The van der Waals surface area contributed by atoms with Crippen LogP contribution >= 0.6 is 34.8 Å². The normalized spacial score (nSPS) is 12.9. The standard InChI is InChI=1S/C30H34Cl3N3O4S/c1-6-20(3)34-30(38)22(5)35(17-24-26(32)10-7-11-27(24)33)29(37)18-36(28-12-8-9-25(31)21(28)4)41(39,40)23-15-13-19(2)14-16-23/h7-16,20,22H,6,17-18H2,1-5H3,(H,34,38)/t20-,22-/m1/s1. The molecule has 0 aliphatic heterocycles. The molecular weight excluding hydrogens is 605 g/mol. The van der Waals surface area contributed by atoms with Crippen LogP contribution < -0.4 is 9.62 Å². The van der Waals surface area contributed by atoms with Crippen molar-refractivity contribution in [3.8, 4) is 0 Å². The van der Waals surface area contributed by atoms with Crippen LogP contribution in [0.15, 0.2) is 65.6 Å². The number of rotatable bonds is 11. The lowest BCUT2D eigenvalue weighted by Crippen LogP contribution is -2.52. The highest BCUT2D eigenvalue weighted by atomic mass is 35.5. The molecule has 0 unspecified atom stereocenters. The summed E-state index contributed by atoms with van der Waals surface area (Å²) in [4.78, 5) is 28.6. The van der Waals surface area contributed by atoms with Gasteiger partial charge in [0.25, 0.3) is 10.0 Å². The number of nitrogens with zero attached hydrogens (tertiary/aromatic N) is 2. The van der Waals surface area contributed by atoms with Gasteiger partial charge in [-0.05, 0) is 76.1 Å². The van der Waals surface area contributed by atoms with Crippen molar-refractivity contribution in [1.29, 1.82) is 0 Å². The minimum Gasteiger partial charge on any atom is -0.352 e. The molecule has 2 atom stereocenters. The molecule has 0 aromatic heterocycles. The number of amides is 2. The van der Waals surface area contributed by atoms with Crippen LogP contribution in [0.1, 0.15) is 43.9 Å². The van der Waals surface area contributed by atoms with Gasteiger partial charge in [-0.2, -0.15) is 0 Å². The van der Waals surface area contributed by atoms with Crippen molar-refractivity contribution in [2.75, 3.05) is 10.8 Å². The first-order valence-corrected chi connectivity index (χ1v) is 15.7. The molecule has 3 aromatic carbocycles. The molecule has 11 heteroatoms. The molecule has 1 N–H and O–H groups in total. The number of hydrogen-bond acceptors (Lipinski definition) is 4. The summed E-state index contributed by atoms with van der Waals surface area (Å²) in [5.41, 5.74) is 2.06. The Hall–Kier alpha value is -2.78. The first-order chi connectivity index (χ1) is 19.3. The highest BCUT2D eigenvalue weighted by Crippen LogP contribution is 2.32. The second kappa shape index (κ2) is 13.9. The smallest absolute Gasteiger partial charge is 0.264 e. The molecule has 41 heavy (non-hydrogen) atoms. The lowest BCUT2D eigenvalue weighted by atomic mass is 10.1. The molecule has 0 saturated carbocycles. The first-order valence-electron chi connectivity index (χ1n) is 13.1. The molecule has 0 spiro atoms.